The second-order valence-electron chi connectivity index (χ2n) is 14.3. The molecule has 0 bridgehead atoms. The number of benzene rings is 3. The van der Waals surface area contributed by atoms with Crippen molar-refractivity contribution in [2.45, 2.75) is 57.5 Å². The Morgan fingerprint density at radius 3 is 2.16 bits per heavy atom. The standard InChI is InChI=1S/C45H60N8O9/c1-33-17-20-49-42(31-33)48-19-6-10-43(54)51-39(9-4-5-18-46)45(57)52-40(32-44(55)56)35-13-11-34(12-14-35)36-15-16-41(38-8-3-2-7-37(36)38)62-30-29-61-28-27-60-26-25-59-24-23-58-22-21-50-53-47/h2-3,7-8,11-17,20,31,39-40H,4-6,9-10,18-19,21-30,32,46H2,1H3,(H,48,49)(H,51,54)(H,52,57)(H,55,56). The van der Waals surface area contributed by atoms with Crippen LogP contribution in [-0.4, -0.2) is 113 Å². The zero-order valence-electron chi connectivity index (χ0n) is 35.5. The van der Waals surface area contributed by atoms with Crippen LogP contribution in [0, 0.1) is 6.92 Å². The first-order valence-corrected chi connectivity index (χ1v) is 21.0. The maximum absolute atomic E-state index is 13.7. The van der Waals surface area contributed by atoms with Crippen LogP contribution in [0.4, 0.5) is 5.82 Å². The van der Waals surface area contributed by atoms with Crippen molar-refractivity contribution in [3.63, 3.8) is 0 Å². The van der Waals surface area contributed by atoms with E-state index in [0.29, 0.717) is 116 Å². The third-order valence-electron chi connectivity index (χ3n) is 9.60. The van der Waals surface area contributed by atoms with E-state index in [0.717, 1.165) is 33.3 Å². The van der Waals surface area contributed by atoms with E-state index in [4.69, 9.17) is 34.9 Å². The van der Waals surface area contributed by atoms with Gasteiger partial charge in [0.25, 0.3) is 0 Å². The molecule has 2 amide bonds. The summed E-state index contributed by atoms with van der Waals surface area (Å²) in [5.41, 5.74) is 17.5. The molecule has 0 saturated carbocycles. The monoisotopic (exact) mass is 856 g/mol. The van der Waals surface area contributed by atoms with Crippen molar-refractivity contribution in [3.05, 3.63) is 101 Å². The molecule has 2 atom stereocenters. The minimum atomic E-state index is -1.07. The highest BCUT2D eigenvalue weighted by atomic mass is 16.6. The first kappa shape index (κ1) is 48.9. The van der Waals surface area contributed by atoms with Gasteiger partial charge in [-0.3, -0.25) is 14.4 Å². The lowest BCUT2D eigenvalue weighted by atomic mass is 9.95. The Bertz CT molecular complexity index is 2010. The number of nitrogens with zero attached hydrogens (tertiary/aromatic N) is 4. The molecule has 17 nitrogen and oxygen atoms in total. The van der Waals surface area contributed by atoms with E-state index in [9.17, 15) is 19.5 Å². The highest BCUT2D eigenvalue weighted by Gasteiger charge is 2.25. The van der Waals surface area contributed by atoms with Crippen molar-refractivity contribution in [2.24, 2.45) is 10.8 Å². The summed E-state index contributed by atoms with van der Waals surface area (Å²) in [5, 5.41) is 24.1. The number of carboxylic acid groups (broad SMARTS) is 1. The van der Waals surface area contributed by atoms with Crippen LogP contribution in [0.15, 0.2) is 84.1 Å². The second-order valence-corrected chi connectivity index (χ2v) is 14.3. The molecule has 3 aromatic carbocycles. The summed E-state index contributed by atoms with van der Waals surface area (Å²) in [5.74, 6) is -0.340. The van der Waals surface area contributed by atoms with Crippen LogP contribution in [0.3, 0.4) is 0 Å². The Morgan fingerprint density at radius 1 is 0.823 bits per heavy atom. The minimum Gasteiger partial charge on any atom is -0.491 e. The second kappa shape index (κ2) is 28.7. The summed E-state index contributed by atoms with van der Waals surface area (Å²) in [6.45, 7) is 6.91. The fourth-order valence-electron chi connectivity index (χ4n) is 6.49. The minimum absolute atomic E-state index is 0.201. The number of azide groups is 1. The number of unbranched alkanes of at least 4 members (excludes halogenated alkanes) is 1. The molecule has 6 N–H and O–H groups in total. The number of carbonyl (C=O) groups excluding carboxylic acids is 2. The number of pyridine rings is 1. The topological polar surface area (TPSA) is 241 Å². The average molecular weight is 857 g/mol. The van der Waals surface area contributed by atoms with Crippen molar-refractivity contribution in [3.8, 4) is 16.9 Å². The van der Waals surface area contributed by atoms with Gasteiger partial charge >= 0.3 is 5.97 Å². The van der Waals surface area contributed by atoms with E-state index in [1.165, 1.54) is 0 Å². The highest BCUT2D eigenvalue weighted by molar-refractivity contribution is 6.00. The normalized spacial score (nSPS) is 12.0. The fraction of sp³-hybridized carbons (Fsp3) is 0.467. The van der Waals surface area contributed by atoms with Gasteiger partial charge in [-0.1, -0.05) is 59.7 Å². The van der Waals surface area contributed by atoms with Gasteiger partial charge in [0.1, 0.15) is 24.2 Å². The predicted molar refractivity (Wildman–Crippen MR) is 237 cm³/mol. The molecule has 2 unspecified atom stereocenters. The van der Waals surface area contributed by atoms with E-state index >= 15 is 0 Å². The number of nitrogens with two attached hydrogens (primary N) is 1. The molecule has 1 aromatic heterocycles. The number of anilines is 1. The lowest BCUT2D eigenvalue weighted by molar-refractivity contribution is -0.138. The molecular weight excluding hydrogens is 797 g/mol. The maximum atomic E-state index is 13.7. The molecule has 17 heteroatoms. The van der Waals surface area contributed by atoms with Crippen molar-refractivity contribution in [1.82, 2.24) is 15.6 Å². The van der Waals surface area contributed by atoms with Crippen LogP contribution >= 0.6 is 0 Å². The third kappa shape index (κ3) is 18.0. The number of hydrogen-bond donors (Lipinski definition) is 5. The number of aryl methyl sites for hydroxylation is 1. The van der Waals surface area contributed by atoms with E-state index in [1.54, 1.807) is 6.20 Å². The summed E-state index contributed by atoms with van der Waals surface area (Å²) < 4.78 is 28.0. The average Bonchev–Trinajstić information content (AvgIpc) is 3.27. The van der Waals surface area contributed by atoms with Gasteiger partial charge in [-0.15, -0.1) is 0 Å². The van der Waals surface area contributed by atoms with Crippen LogP contribution in [0.1, 0.15) is 55.7 Å². The number of rotatable bonds is 32. The molecule has 0 aliphatic rings. The summed E-state index contributed by atoms with van der Waals surface area (Å²) in [7, 11) is 0. The molecule has 4 rings (SSSR count). The van der Waals surface area contributed by atoms with Gasteiger partial charge < -0.3 is 50.5 Å². The lowest BCUT2D eigenvalue weighted by Gasteiger charge is -2.23. The zero-order chi connectivity index (χ0) is 44.2. The highest BCUT2D eigenvalue weighted by Crippen LogP contribution is 2.35. The number of amides is 2. The van der Waals surface area contributed by atoms with Gasteiger partial charge in [0.15, 0.2) is 0 Å². The molecular formula is C45H60N8O9. The first-order valence-electron chi connectivity index (χ1n) is 21.0. The third-order valence-corrected chi connectivity index (χ3v) is 9.60. The number of carboxylic acids is 1. The van der Waals surface area contributed by atoms with Crippen molar-refractivity contribution >= 4 is 34.4 Å². The van der Waals surface area contributed by atoms with Crippen LogP contribution in [0.25, 0.3) is 32.3 Å². The number of aromatic nitrogens is 1. The first-order chi connectivity index (χ1) is 30.3. The van der Waals surface area contributed by atoms with Gasteiger partial charge in [0, 0.05) is 36.0 Å². The Labute approximate surface area is 362 Å². The molecule has 4 aromatic rings. The lowest BCUT2D eigenvalue weighted by Crippen LogP contribution is -2.48. The summed E-state index contributed by atoms with van der Waals surface area (Å²) in [4.78, 5) is 45.6. The molecule has 0 radical (unpaired) electrons. The number of ether oxygens (including phenoxy) is 5. The van der Waals surface area contributed by atoms with E-state index in [1.807, 2.05) is 79.7 Å². The number of fused-ring (bicyclic) bond motifs is 1. The van der Waals surface area contributed by atoms with Gasteiger partial charge in [0.2, 0.25) is 11.8 Å². The predicted octanol–water partition coefficient (Wildman–Crippen LogP) is 6.10. The smallest absolute Gasteiger partial charge is 0.305 e. The summed E-state index contributed by atoms with van der Waals surface area (Å²) in [6.07, 6.45) is 3.78. The van der Waals surface area contributed by atoms with E-state index in [2.05, 4.69) is 31.0 Å². The van der Waals surface area contributed by atoms with Gasteiger partial charge in [0.05, 0.1) is 65.3 Å². The molecule has 1 heterocycles. The molecule has 0 spiro atoms. The van der Waals surface area contributed by atoms with Crippen LogP contribution in [0.2, 0.25) is 0 Å². The molecule has 0 fully saturated rings. The van der Waals surface area contributed by atoms with Crippen molar-refractivity contribution in [1.29, 1.82) is 0 Å². The summed E-state index contributed by atoms with van der Waals surface area (Å²) >= 11 is 0. The Balaban J connectivity index is 1.28. The van der Waals surface area contributed by atoms with Crippen LogP contribution in [0.5, 0.6) is 5.75 Å². The quantitative estimate of drug-likeness (QED) is 0.0162. The molecule has 0 saturated heterocycles. The van der Waals surface area contributed by atoms with Crippen molar-refractivity contribution < 1.29 is 43.2 Å². The number of nitrogens with one attached hydrogen (secondary N) is 3. The molecule has 334 valence electrons. The van der Waals surface area contributed by atoms with Gasteiger partial charge in [-0.2, -0.15) is 0 Å². The van der Waals surface area contributed by atoms with Crippen LogP contribution in [-0.2, 0) is 33.3 Å². The number of aliphatic carboxylic acids is 1. The van der Waals surface area contributed by atoms with E-state index in [-0.39, 0.29) is 18.7 Å². The summed E-state index contributed by atoms with van der Waals surface area (Å²) in [6, 6.07) is 21.4. The van der Waals surface area contributed by atoms with E-state index < -0.39 is 24.0 Å². The van der Waals surface area contributed by atoms with Crippen molar-refractivity contribution in [2.75, 3.05) is 84.4 Å². The Morgan fingerprint density at radius 2 is 1.50 bits per heavy atom. The maximum Gasteiger partial charge on any atom is 0.305 e. The molecule has 0 aliphatic carbocycles. The van der Waals surface area contributed by atoms with Gasteiger partial charge in [-0.25, -0.2) is 4.98 Å². The van der Waals surface area contributed by atoms with Crippen LogP contribution < -0.4 is 26.4 Å². The SMILES string of the molecule is Cc1ccnc(NCCCC(=O)NC(CCCCN)C(=O)NC(CC(=O)O)c2ccc(-c3ccc(OCCOCCOCCOCCOCCN=[N+]=[N-])c4ccccc34)cc2)c1. The fourth-order valence-corrected chi connectivity index (χ4v) is 6.49. The Hall–Kier alpha value is -5.81. The number of carbonyl (C=O) groups is 3. The molecule has 0 aliphatic heterocycles. The Kier molecular flexibility index (Phi) is 22.6. The zero-order valence-corrected chi connectivity index (χ0v) is 35.5. The molecule has 62 heavy (non-hydrogen) atoms. The number of hydrogen-bond acceptors (Lipinski definition) is 12. The largest absolute Gasteiger partial charge is 0.491 e. The van der Waals surface area contributed by atoms with Gasteiger partial charge in [-0.05, 0) is 90.5 Å².